The monoisotopic (exact) mass is 282 g/mol. The first-order chi connectivity index (χ1) is 10.2. The predicted molar refractivity (Wildman–Crippen MR) is 86.4 cm³/mol. The van der Waals surface area contributed by atoms with Crippen LogP contribution in [0.25, 0.3) is 11.1 Å². The number of aromatic nitrogens is 2. The zero-order valence-corrected chi connectivity index (χ0v) is 12.7. The first-order valence-corrected chi connectivity index (χ1v) is 7.59. The van der Waals surface area contributed by atoms with Crippen molar-refractivity contribution in [1.29, 1.82) is 0 Å². The highest BCUT2D eigenvalue weighted by atomic mass is 15.3. The molecule has 110 valence electrons. The second kappa shape index (κ2) is 6.22. The fourth-order valence-corrected chi connectivity index (χ4v) is 2.74. The van der Waals surface area contributed by atoms with E-state index in [0.717, 1.165) is 43.1 Å². The SMILES string of the molecule is CC(C)N1CCN(c2ccc(-c3cccnc3)cn2)CC1. The van der Waals surface area contributed by atoms with Crippen LogP contribution in [0.2, 0.25) is 0 Å². The van der Waals surface area contributed by atoms with Crippen molar-refractivity contribution >= 4 is 5.82 Å². The Morgan fingerprint density at radius 2 is 1.71 bits per heavy atom. The second-order valence-corrected chi connectivity index (χ2v) is 5.76. The fraction of sp³-hybridized carbons (Fsp3) is 0.412. The molecule has 1 fully saturated rings. The zero-order chi connectivity index (χ0) is 14.7. The van der Waals surface area contributed by atoms with Gasteiger partial charge >= 0.3 is 0 Å². The highest BCUT2D eigenvalue weighted by Crippen LogP contribution is 2.21. The third-order valence-corrected chi connectivity index (χ3v) is 4.11. The van der Waals surface area contributed by atoms with Gasteiger partial charge in [-0.2, -0.15) is 0 Å². The molecule has 4 nitrogen and oxygen atoms in total. The largest absolute Gasteiger partial charge is 0.354 e. The molecule has 2 aromatic heterocycles. The molecule has 0 N–H and O–H groups in total. The van der Waals surface area contributed by atoms with Crippen molar-refractivity contribution in [2.45, 2.75) is 19.9 Å². The van der Waals surface area contributed by atoms with Gasteiger partial charge in [-0.15, -0.1) is 0 Å². The molecular formula is C17H22N4. The lowest BCUT2D eigenvalue weighted by molar-refractivity contribution is 0.209. The van der Waals surface area contributed by atoms with Crippen LogP contribution in [0.3, 0.4) is 0 Å². The van der Waals surface area contributed by atoms with Gasteiger partial charge in [0.15, 0.2) is 0 Å². The topological polar surface area (TPSA) is 32.3 Å². The predicted octanol–water partition coefficient (Wildman–Crippen LogP) is 2.67. The highest BCUT2D eigenvalue weighted by Gasteiger charge is 2.19. The zero-order valence-electron chi connectivity index (χ0n) is 12.7. The van der Waals surface area contributed by atoms with Crippen molar-refractivity contribution in [2.24, 2.45) is 0 Å². The lowest BCUT2D eigenvalue weighted by atomic mass is 10.1. The summed E-state index contributed by atoms with van der Waals surface area (Å²) in [6.45, 7) is 8.86. The summed E-state index contributed by atoms with van der Waals surface area (Å²) in [5.74, 6) is 1.08. The van der Waals surface area contributed by atoms with Crippen LogP contribution in [-0.4, -0.2) is 47.1 Å². The van der Waals surface area contributed by atoms with E-state index in [1.54, 1.807) is 6.20 Å². The number of nitrogens with zero attached hydrogens (tertiary/aromatic N) is 4. The first-order valence-electron chi connectivity index (χ1n) is 7.59. The van der Waals surface area contributed by atoms with Crippen LogP contribution in [0.5, 0.6) is 0 Å². The maximum atomic E-state index is 4.63. The van der Waals surface area contributed by atoms with Crippen molar-refractivity contribution < 1.29 is 0 Å². The summed E-state index contributed by atoms with van der Waals surface area (Å²) < 4.78 is 0. The average Bonchev–Trinajstić information content (AvgIpc) is 2.56. The Bertz CT molecular complexity index is 557. The number of hydrogen-bond acceptors (Lipinski definition) is 4. The van der Waals surface area contributed by atoms with Gasteiger partial charge in [0.25, 0.3) is 0 Å². The lowest BCUT2D eigenvalue weighted by Crippen LogP contribution is -2.49. The van der Waals surface area contributed by atoms with Gasteiger partial charge in [0.1, 0.15) is 5.82 Å². The molecule has 2 aromatic rings. The number of pyridine rings is 2. The summed E-state index contributed by atoms with van der Waals surface area (Å²) in [6, 6.07) is 8.90. The summed E-state index contributed by atoms with van der Waals surface area (Å²) in [5.41, 5.74) is 2.23. The molecule has 21 heavy (non-hydrogen) atoms. The van der Waals surface area contributed by atoms with Gasteiger partial charge in [-0.1, -0.05) is 6.07 Å². The quantitative estimate of drug-likeness (QED) is 0.866. The van der Waals surface area contributed by atoms with Gasteiger partial charge in [-0.05, 0) is 32.0 Å². The normalized spacial score (nSPS) is 16.4. The Balaban J connectivity index is 1.68. The molecule has 0 aromatic carbocycles. The molecule has 0 spiro atoms. The van der Waals surface area contributed by atoms with Crippen LogP contribution >= 0.6 is 0 Å². The molecular weight excluding hydrogens is 260 g/mol. The smallest absolute Gasteiger partial charge is 0.128 e. The molecule has 0 amide bonds. The summed E-state index contributed by atoms with van der Waals surface area (Å²) in [7, 11) is 0. The van der Waals surface area contributed by atoms with E-state index in [0.29, 0.717) is 6.04 Å². The molecule has 3 heterocycles. The molecule has 1 aliphatic rings. The molecule has 0 unspecified atom stereocenters. The van der Waals surface area contributed by atoms with E-state index >= 15 is 0 Å². The Morgan fingerprint density at radius 1 is 0.952 bits per heavy atom. The molecule has 4 heteroatoms. The van der Waals surface area contributed by atoms with Crippen molar-refractivity contribution in [1.82, 2.24) is 14.9 Å². The molecule has 0 aliphatic carbocycles. The maximum absolute atomic E-state index is 4.63. The average molecular weight is 282 g/mol. The maximum Gasteiger partial charge on any atom is 0.128 e. The van der Waals surface area contributed by atoms with Gasteiger partial charge in [-0.3, -0.25) is 9.88 Å². The number of hydrogen-bond donors (Lipinski definition) is 0. The minimum absolute atomic E-state index is 0.632. The van der Waals surface area contributed by atoms with Crippen LogP contribution in [0.15, 0.2) is 42.9 Å². The van der Waals surface area contributed by atoms with Crippen molar-refractivity contribution in [3.8, 4) is 11.1 Å². The van der Waals surface area contributed by atoms with E-state index in [2.05, 4.69) is 51.8 Å². The minimum atomic E-state index is 0.632. The Kier molecular flexibility index (Phi) is 4.15. The van der Waals surface area contributed by atoms with Gasteiger partial charge in [-0.25, -0.2) is 4.98 Å². The molecule has 1 saturated heterocycles. The highest BCUT2D eigenvalue weighted by molar-refractivity contribution is 5.62. The van der Waals surface area contributed by atoms with Gasteiger partial charge in [0.05, 0.1) is 0 Å². The van der Waals surface area contributed by atoms with Crippen LogP contribution in [0.4, 0.5) is 5.82 Å². The lowest BCUT2D eigenvalue weighted by Gasteiger charge is -2.37. The number of piperazine rings is 1. The van der Waals surface area contributed by atoms with Gasteiger partial charge < -0.3 is 4.90 Å². The fourth-order valence-electron chi connectivity index (χ4n) is 2.74. The Morgan fingerprint density at radius 3 is 2.29 bits per heavy atom. The van der Waals surface area contributed by atoms with Crippen LogP contribution in [0, 0.1) is 0 Å². The van der Waals surface area contributed by atoms with E-state index in [1.165, 1.54) is 0 Å². The molecule has 3 rings (SSSR count). The third kappa shape index (κ3) is 3.22. The van der Waals surface area contributed by atoms with Crippen LogP contribution in [-0.2, 0) is 0 Å². The van der Waals surface area contributed by atoms with Gasteiger partial charge in [0, 0.05) is 61.9 Å². The minimum Gasteiger partial charge on any atom is -0.354 e. The van der Waals surface area contributed by atoms with Crippen molar-refractivity contribution in [2.75, 3.05) is 31.1 Å². The molecule has 0 saturated carbocycles. The molecule has 1 aliphatic heterocycles. The summed E-state index contributed by atoms with van der Waals surface area (Å²) >= 11 is 0. The van der Waals surface area contributed by atoms with Crippen molar-refractivity contribution in [3.05, 3.63) is 42.9 Å². The summed E-state index contributed by atoms with van der Waals surface area (Å²) in [4.78, 5) is 13.7. The first kappa shape index (κ1) is 14.0. The second-order valence-electron chi connectivity index (χ2n) is 5.76. The van der Waals surface area contributed by atoms with E-state index < -0.39 is 0 Å². The molecule has 0 bridgehead atoms. The molecule has 0 radical (unpaired) electrons. The Hall–Kier alpha value is -1.94. The van der Waals surface area contributed by atoms with Crippen LogP contribution in [0.1, 0.15) is 13.8 Å². The van der Waals surface area contributed by atoms with E-state index in [-0.39, 0.29) is 0 Å². The van der Waals surface area contributed by atoms with E-state index in [1.807, 2.05) is 18.5 Å². The van der Waals surface area contributed by atoms with Gasteiger partial charge in [0.2, 0.25) is 0 Å². The third-order valence-electron chi connectivity index (χ3n) is 4.11. The van der Waals surface area contributed by atoms with E-state index in [9.17, 15) is 0 Å². The number of anilines is 1. The summed E-state index contributed by atoms with van der Waals surface area (Å²) in [5, 5.41) is 0. The number of rotatable bonds is 3. The van der Waals surface area contributed by atoms with Crippen molar-refractivity contribution in [3.63, 3.8) is 0 Å². The Labute approximate surface area is 126 Å². The van der Waals surface area contributed by atoms with E-state index in [4.69, 9.17) is 0 Å². The summed E-state index contributed by atoms with van der Waals surface area (Å²) in [6.07, 6.45) is 5.61. The standard InChI is InChI=1S/C17H22N4/c1-14(2)20-8-10-21(11-9-20)17-6-5-16(13-19-17)15-4-3-7-18-12-15/h3-7,12-14H,8-11H2,1-2H3. The van der Waals surface area contributed by atoms with Crippen LogP contribution < -0.4 is 4.90 Å². The molecule has 0 atom stereocenters.